The van der Waals surface area contributed by atoms with Crippen molar-refractivity contribution < 1.29 is 13.9 Å². The van der Waals surface area contributed by atoms with E-state index in [9.17, 15) is 9.18 Å². The minimum atomic E-state index is -0.509. The van der Waals surface area contributed by atoms with Crippen molar-refractivity contribution in [3.63, 3.8) is 0 Å². The Morgan fingerprint density at radius 3 is 2.92 bits per heavy atom. The van der Waals surface area contributed by atoms with Gasteiger partial charge in [0.25, 0.3) is 0 Å². The van der Waals surface area contributed by atoms with Gasteiger partial charge in [-0.05, 0) is 55.3 Å². The summed E-state index contributed by atoms with van der Waals surface area (Å²) in [5.41, 5.74) is 3.23. The summed E-state index contributed by atoms with van der Waals surface area (Å²) in [6, 6.07) is 9.58. The third-order valence-electron chi connectivity index (χ3n) is 3.85. The van der Waals surface area contributed by atoms with Crippen LogP contribution in [0, 0.1) is 5.82 Å². The number of amides is 2. The van der Waals surface area contributed by atoms with Crippen LogP contribution < -0.4 is 20.7 Å². The molecule has 0 saturated carbocycles. The first-order valence-electron chi connectivity index (χ1n) is 7.98. The van der Waals surface area contributed by atoms with E-state index in [0.717, 1.165) is 19.5 Å². The van der Waals surface area contributed by atoms with Crippen molar-refractivity contribution in [3.05, 3.63) is 53.3 Å². The van der Waals surface area contributed by atoms with Crippen LogP contribution in [0.1, 0.15) is 18.1 Å². The SMILES string of the molecule is CCOc1ccc(F)c(NC(=O)Nc2ccc3c(c2)CCNC3)c1. The highest BCUT2D eigenvalue weighted by atomic mass is 19.1. The van der Waals surface area contributed by atoms with Gasteiger partial charge in [-0.1, -0.05) is 6.07 Å². The van der Waals surface area contributed by atoms with E-state index in [2.05, 4.69) is 16.0 Å². The molecule has 6 heteroatoms. The van der Waals surface area contributed by atoms with Crippen molar-refractivity contribution in [1.82, 2.24) is 5.32 Å². The first-order valence-corrected chi connectivity index (χ1v) is 7.98. The maximum Gasteiger partial charge on any atom is 0.323 e. The van der Waals surface area contributed by atoms with Gasteiger partial charge >= 0.3 is 6.03 Å². The van der Waals surface area contributed by atoms with E-state index >= 15 is 0 Å². The number of hydrogen-bond acceptors (Lipinski definition) is 3. The van der Waals surface area contributed by atoms with E-state index in [-0.39, 0.29) is 5.69 Å². The largest absolute Gasteiger partial charge is 0.494 e. The first-order chi connectivity index (χ1) is 11.7. The summed E-state index contributed by atoms with van der Waals surface area (Å²) in [6.45, 7) is 4.09. The Kier molecular flexibility index (Phi) is 4.96. The van der Waals surface area contributed by atoms with Gasteiger partial charge in [0.15, 0.2) is 0 Å². The van der Waals surface area contributed by atoms with Gasteiger partial charge in [0.1, 0.15) is 11.6 Å². The number of anilines is 2. The molecule has 0 radical (unpaired) electrons. The molecule has 0 fully saturated rings. The van der Waals surface area contributed by atoms with Gasteiger partial charge < -0.3 is 20.7 Å². The van der Waals surface area contributed by atoms with Crippen LogP contribution >= 0.6 is 0 Å². The van der Waals surface area contributed by atoms with Crippen molar-refractivity contribution in [2.24, 2.45) is 0 Å². The molecular formula is C18H20FN3O2. The molecule has 126 valence electrons. The number of carbonyl (C=O) groups excluding carboxylic acids is 1. The van der Waals surface area contributed by atoms with Gasteiger partial charge in [0, 0.05) is 18.3 Å². The van der Waals surface area contributed by atoms with Crippen LogP contribution in [0.4, 0.5) is 20.6 Å². The fourth-order valence-corrected chi connectivity index (χ4v) is 2.70. The molecule has 2 amide bonds. The quantitative estimate of drug-likeness (QED) is 0.804. The Bertz CT molecular complexity index is 749. The van der Waals surface area contributed by atoms with Crippen LogP contribution in [0.5, 0.6) is 5.75 Å². The van der Waals surface area contributed by atoms with Gasteiger partial charge in [-0.3, -0.25) is 0 Å². The molecule has 1 aliphatic heterocycles. The smallest absolute Gasteiger partial charge is 0.323 e. The molecule has 24 heavy (non-hydrogen) atoms. The summed E-state index contributed by atoms with van der Waals surface area (Å²) in [6.07, 6.45) is 0.928. The number of benzene rings is 2. The van der Waals surface area contributed by atoms with E-state index in [1.807, 2.05) is 25.1 Å². The average Bonchev–Trinajstić information content (AvgIpc) is 2.58. The van der Waals surface area contributed by atoms with Crippen molar-refractivity contribution in [1.29, 1.82) is 0 Å². The monoisotopic (exact) mass is 329 g/mol. The summed E-state index contributed by atoms with van der Waals surface area (Å²) in [5.74, 6) is 0.000555. The van der Waals surface area contributed by atoms with Crippen molar-refractivity contribution in [2.45, 2.75) is 19.9 Å². The van der Waals surface area contributed by atoms with Crippen LogP contribution in [-0.4, -0.2) is 19.2 Å². The molecule has 0 spiro atoms. The third-order valence-corrected chi connectivity index (χ3v) is 3.85. The number of fused-ring (bicyclic) bond motifs is 1. The zero-order chi connectivity index (χ0) is 16.9. The lowest BCUT2D eigenvalue weighted by molar-refractivity contribution is 0.262. The standard InChI is InChI=1S/C18H20FN3O2/c1-2-24-15-5-6-16(19)17(10-15)22-18(23)21-14-4-3-13-11-20-8-7-12(13)9-14/h3-6,9-10,20H,2,7-8,11H2,1H3,(H2,21,22,23). The average molecular weight is 329 g/mol. The summed E-state index contributed by atoms with van der Waals surface area (Å²) in [4.78, 5) is 12.1. The third kappa shape index (κ3) is 3.83. The Morgan fingerprint density at radius 2 is 2.08 bits per heavy atom. The minimum absolute atomic E-state index is 0.0839. The number of rotatable bonds is 4. The molecule has 2 aromatic rings. The Labute approximate surface area is 140 Å². The summed E-state index contributed by atoms with van der Waals surface area (Å²) in [7, 11) is 0. The van der Waals surface area contributed by atoms with Crippen LogP contribution in [0.3, 0.4) is 0 Å². The lowest BCUT2D eigenvalue weighted by Gasteiger charge is -2.18. The van der Waals surface area contributed by atoms with Crippen LogP contribution in [0.15, 0.2) is 36.4 Å². The predicted molar refractivity (Wildman–Crippen MR) is 92.1 cm³/mol. The van der Waals surface area contributed by atoms with Crippen LogP contribution in [0.25, 0.3) is 0 Å². The number of nitrogens with one attached hydrogen (secondary N) is 3. The Morgan fingerprint density at radius 1 is 1.21 bits per heavy atom. The fourth-order valence-electron chi connectivity index (χ4n) is 2.70. The molecule has 0 aromatic heterocycles. The maximum absolute atomic E-state index is 13.8. The second-order valence-electron chi connectivity index (χ2n) is 5.56. The highest BCUT2D eigenvalue weighted by Crippen LogP contribution is 2.22. The van der Waals surface area contributed by atoms with Crippen molar-refractivity contribution >= 4 is 17.4 Å². The second kappa shape index (κ2) is 7.31. The molecule has 0 aliphatic carbocycles. The molecule has 5 nitrogen and oxygen atoms in total. The summed E-state index contributed by atoms with van der Waals surface area (Å²) in [5, 5.41) is 8.56. The summed E-state index contributed by atoms with van der Waals surface area (Å²) >= 11 is 0. The topological polar surface area (TPSA) is 62.4 Å². The van der Waals surface area contributed by atoms with Crippen molar-refractivity contribution in [3.8, 4) is 5.75 Å². The zero-order valence-electron chi connectivity index (χ0n) is 13.5. The molecule has 3 N–H and O–H groups in total. The first kappa shape index (κ1) is 16.3. The van der Waals surface area contributed by atoms with E-state index in [1.54, 1.807) is 0 Å². The van der Waals surface area contributed by atoms with E-state index in [0.29, 0.717) is 18.0 Å². The van der Waals surface area contributed by atoms with Gasteiger partial charge in [-0.15, -0.1) is 0 Å². The van der Waals surface area contributed by atoms with Gasteiger partial charge in [0.05, 0.1) is 12.3 Å². The summed E-state index contributed by atoms with van der Waals surface area (Å²) < 4.78 is 19.1. The molecule has 1 aliphatic rings. The van der Waals surface area contributed by atoms with E-state index in [1.165, 1.54) is 29.3 Å². The maximum atomic E-state index is 13.8. The normalized spacial score (nSPS) is 13.1. The number of urea groups is 1. The molecule has 0 atom stereocenters. The number of halogens is 1. The predicted octanol–water partition coefficient (Wildman–Crippen LogP) is 3.51. The van der Waals surface area contributed by atoms with Crippen molar-refractivity contribution in [2.75, 3.05) is 23.8 Å². The number of hydrogen-bond donors (Lipinski definition) is 3. The van der Waals surface area contributed by atoms with Gasteiger partial charge in [-0.25, -0.2) is 9.18 Å². The lowest BCUT2D eigenvalue weighted by Crippen LogP contribution is -2.24. The second-order valence-corrected chi connectivity index (χ2v) is 5.56. The highest BCUT2D eigenvalue weighted by molar-refractivity contribution is 6.00. The fraction of sp³-hybridized carbons (Fsp3) is 0.278. The highest BCUT2D eigenvalue weighted by Gasteiger charge is 2.12. The molecular weight excluding hydrogens is 309 g/mol. The zero-order valence-corrected chi connectivity index (χ0v) is 13.5. The molecule has 3 rings (SSSR count). The Balaban J connectivity index is 1.68. The molecule has 0 saturated heterocycles. The lowest BCUT2D eigenvalue weighted by atomic mass is 10.0. The van der Waals surface area contributed by atoms with E-state index < -0.39 is 11.8 Å². The van der Waals surface area contributed by atoms with Gasteiger partial charge in [0.2, 0.25) is 0 Å². The van der Waals surface area contributed by atoms with Crippen LogP contribution in [0.2, 0.25) is 0 Å². The molecule has 0 unspecified atom stereocenters. The van der Waals surface area contributed by atoms with Gasteiger partial charge in [-0.2, -0.15) is 0 Å². The Hall–Kier alpha value is -2.60. The minimum Gasteiger partial charge on any atom is -0.494 e. The van der Waals surface area contributed by atoms with Crippen LogP contribution in [-0.2, 0) is 13.0 Å². The van der Waals surface area contributed by atoms with E-state index in [4.69, 9.17) is 4.74 Å². The molecule has 0 bridgehead atoms. The number of carbonyl (C=O) groups is 1. The number of ether oxygens (including phenoxy) is 1. The molecule has 1 heterocycles. The molecule has 2 aromatic carbocycles.